The Bertz CT molecular complexity index is 448. The molecular formula is C14H21NO4. The number of hydrogen-bond donors (Lipinski definition) is 2. The van der Waals surface area contributed by atoms with Gasteiger partial charge in [-0.25, -0.2) is 4.79 Å². The van der Waals surface area contributed by atoms with Gasteiger partial charge in [0.25, 0.3) is 0 Å². The van der Waals surface area contributed by atoms with Crippen molar-refractivity contribution in [1.29, 1.82) is 0 Å². The van der Waals surface area contributed by atoms with Crippen LogP contribution in [0.2, 0.25) is 0 Å². The third kappa shape index (κ3) is 3.58. The summed E-state index contributed by atoms with van der Waals surface area (Å²) in [6.07, 6.45) is 3.57. The van der Waals surface area contributed by atoms with Crippen LogP contribution < -0.4 is 5.32 Å². The molecule has 0 spiro atoms. The van der Waals surface area contributed by atoms with E-state index < -0.39 is 5.97 Å². The predicted octanol–water partition coefficient (Wildman–Crippen LogP) is 2.19. The first kappa shape index (κ1) is 14.1. The van der Waals surface area contributed by atoms with Gasteiger partial charge in [-0.05, 0) is 37.7 Å². The Morgan fingerprint density at radius 2 is 2.32 bits per heavy atom. The number of aryl methyl sites for hydroxylation is 1. The number of furan rings is 1. The zero-order chi connectivity index (χ0) is 13.9. The van der Waals surface area contributed by atoms with E-state index in [1.165, 1.54) is 12.8 Å². The maximum atomic E-state index is 10.8. The third-order valence-corrected chi connectivity index (χ3v) is 3.84. The second kappa shape index (κ2) is 5.75. The van der Waals surface area contributed by atoms with E-state index in [1.807, 2.05) is 0 Å². The molecule has 1 fully saturated rings. The van der Waals surface area contributed by atoms with Crippen molar-refractivity contribution in [2.45, 2.75) is 32.7 Å². The van der Waals surface area contributed by atoms with Gasteiger partial charge >= 0.3 is 5.97 Å². The average molecular weight is 267 g/mol. The summed E-state index contributed by atoms with van der Waals surface area (Å²) in [5.41, 5.74) is 1.31. The van der Waals surface area contributed by atoms with Gasteiger partial charge in [-0.1, -0.05) is 0 Å². The van der Waals surface area contributed by atoms with Crippen molar-refractivity contribution in [2.24, 2.45) is 5.41 Å². The standard InChI is InChI=1S/C14H21NO4/c1-10-11(7-12(19-10)13(16)17)8-15-9-14(3-4-14)5-6-18-2/h7,15H,3-6,8-9H2,1-2H3,(H,16,17). The number of nitrogens with one attached hydrogen (secondary N) is 1. The number of carboxylic acids is 1. The Morgan fingerprint density at radius 3 is 2.84 bits per heavy atom. The first-order valence-electron chi connectivity index (χ1n) is 6.59. The lowest BCUT2D eigenvalue weighted by molar-refractivity contribution is 0.0661. The molecule has 0 bridgehead atoms. The van der Waals surface area contributed by atoms with Crippen LogP contribution in [0, 0.1) is 12.3 Å². The molecule has 0 atom stereocenters. The van der Waals surface area contributed by atoms with Gasteiger partial charge < -0.3 is 19.6 Å². The maximum absolute atomic E-state index is 10.8. The highest BCUT2D eigenvalue weighted by molar-refractivity contribution is 5.84. The third-order valence-electron chi connectivity index (χ3n) is 3.84. The summed E-state index contributed by atoms with van der Waals surface area (Å²) in [4.78, 5) is 10.8. The molecule has 0 amide bonds. The molecule has 0 radical (unpaired) electrons. The molecule has 19 heavy (non-hydrogen) atoms. The molecule has 1 heterocycles. The van der Waals surface area contributed by atoms with Crippen molar-refractivity contribution in [3.05, 3.63) is 23.2 Å². The Morgan fingerprint density at radius 1 is 1.58 bits per heavy atom. The van der Waals surface area contributed by atoms with Crippen LogP contribution >= 0.6 is 0 Å². The molecule has 1 aromatic rings. The molecule has 5 heteroatoms. The van der Waals surface area contributed by atoms with Crippen LogP contribution in [0.15, 0.2) is 10.5 Å². The first-order chi connectivity index (χ1) is 9.06. The minimum atomic E-state index is -1.02. The Kier molecular flexibility index (Phi) is 4.27. The number of rotatable bonds is 8. The molecule has 2 N–H and O–H groups in total. The van der Waals surface area contributed by atoms with Crippen molar-refractivity contribution in [3.8, 4) is 0 Å². The molecule has 1 aromatic heterocycles. The second-order valence-corrected chi connectivity index (χ2v) is 5.34. The summed E-state index contributed by atoms with van der Waals surface area (Å²) >= 11 is 0. The molecule has 0 aliphatic heterocycles. The maximum Gasteiger partial charge on any atom is 0.371 e. The summed E-state index contributed by atoms with van der Waals surface area (Å²) in [6.45, 7) is 4.19. The lowest BCUT2D eigenvalue weighted by Crippen LogP contribution is -2.24. The molecule has 0 unspecified atom stereocenters. The van der Waals surface area contributed by atoms with Crippen LogP contribution in [0.5, 0.6) is 0 Å². The number of hydrogen-bond acceptors (Lipinski definition) is 4. The van der Waals surface area contributed by atoms with Crippen molar-refractivity contribution in [3.63, 3.8) is 0 Å². The lowest BCUT2D eigenvalue weighted by Gasteiger charge is -2.15. The second-order valence-electron chi connectivity index (χ2n) is 5.34. The van der Waals surface area contributed by atoms with Crippen molar-refractivity contribution in [1.82, 2.24) is 5.32 Å². The van der Waals surface area contributed by atoms with Gasteiger partial charge in [-0.3, -0.25) is 0 Å². The van der Waals surface area contributed by atoms with E-state index >= 15 is 0 Å². The molecule has 2 rings (SSSR count). The topological polar surface area (TPSA) is 71.7 Å². The van der Waals surface area contributed by atoms with E-state index in [0.717, 1.165) is 25.1 Å². The van der Waals surface area contributed by atoms with Gasteiger partial charge in [0.05, 0.1) is 0 Å². The highest BCUT2D eigenvalue weighted by Gasteiger charge is 2.41. The number of carbonyl (C=O) groups is 1. The van der Waals surface area contributed by atoms with E-state index in [1.54, 1.807) is 20.1 Å². The molecule has 0 aromatic carbocycles. The van der Waals surface area contributed by atoms with Gasteiger partial charge in [0, 0.05) is 32.4 Å². The van der Waals surface area contributed by atoms with Crippen LogP contribution in [0.1, 0.15) is 41.1 Å². The Balaban J connectivity index is 1.81. The van der Waals surface area contributed by atoms with E-state index in [0.29, 0.717) is 17.7 Å². The van der Waals surface area contributed by atoms with Crippen LogP contribution in [0.25, 0.3) is 0 Å². The highest BCUT2D eigenvalue weighted by Crippen LogP contribution is 2.48. The fourth-order valence-corrected chi connectivity index (χ4v) is 2.27. The number of ether oxygens (including phenoxy) is 1. The molecule has 1 saturated carbocycles. The Hall–Kier alpha value is -1.33. The van der Waals surface area contributed by atoms with Gasteiger partial charge in [0.2, 0.25) is 5.76 Å². The first-order valence-corrected chi connectivity index (χ1v) is 6.59. The van der Waals surface area contributed by atoms with Gasteiger partial charge in [0.15, 0.2) is 0 Å². The number of carboxylic acid groups (broad SMARTS) is 1. The summed E-state index contributed by atoms with van der Waals surface area (Å²) in [6, 6.07) is 1.60. The van der Waals surface area contributed by atoms with E-state index in [2.05, 4.69) is 5.32 Å². The zero-order valence-corrected chi connectivity index (χ0v) is 11.5. The number of aromatic carboxylic acids is 1. The van der Waals surface area contributed by atoms with Crippen molar-refractivity contribution in [2.75, 3.05) is 20.3 Å². The Labute approximate surface area is 112 Å². The quantitative estimate of drug-likeness (QED) is 0.755. The number of methoxy groups -OCH3 is 1. The molecule has 106 valence electrons. The minimum absolute atomic E-state index is 0.00909. The fraction of sp³-hybridized carbons (Fsp3) is 0.643. The normalized spacial score (nSPS) is 16.5. The van der Waals surface area contributed by atoms with Gasteiger partial charge in [-0.2, -0.15) is 0 Å². The predicted molar refractivity (Wildman–Crippen MR) is 70.3 cm³/mol. The van der Waals surface area contributed by atoms with Gasteiger partial charge in [-0.15, -0.1) is 0 Å². The molecular weight excluding hydrogens is 246 g/mol. The molecule has 0 saturated heterocycles. The largest absolute Gasteiger partial charge is 0.475 e. The summed E-state index contributed by atoms with van der Waals surface area (Å²) in [5.74, 6) is -0.338. The minimum Gasteiger partial charge on any atom is -0.475 e. The van der Waals surface area contributed by atoms with E-state index in [-0.39, 0.29) is 5.76 Å². The SMILES string of the molecule is COCCC1(CNCc2cc(C(=O)O)oc2C)CC1. The molecule has 5 nitrogen and oxygen atoms in total. The van der Waals surface area contributed by atoms with Crippen LogP contribution in [-0.2, 0) is 11.3 Å². The van der Waals surface area contributed by atoms with Crippen molar-refractivity contribution < 1.29 is 19.1 Å². The van der Waals surface area contributed by atoms with Crippen LogP contribution in [0.4, 0.5) is 0 Å². The van der Waals surface area contributed by atoms with Crippen molar-refractivity contribution >= 4 is 5.97 Å². The lowest BCUT2D eigenvalue weighted by atomic mass is 10.0. The average Bonchev–Trinajstić information content (AvgIpc) is 3.04. The molecule has 1 aliphatic carbocycles. The summed E-state index contributed by atoms with van der Waals surface area (Å²) in [7, 11) is 1.73. The van der Waals surface area contributed by atoms with Crippen LogP contribution in [-0.4, -0.2) is 31.3 Å². The zero-order valence-electron chi connectivity index (χ0n) is 11.5. The summed E-state index contributed by atoms with van der Waals surface area (Å²) < 4.78 is 10.3. The smallest absolute Gasteiger partial charge is 0.371 e. The van der Waals surface area contributed by atoms with Gasteiger partial charge in [0.1, 0.15) is 5.76 Å². The highest BCUT2D eigenvalue weighted by atomic mass is 16.5. The monoisotopic (exact) mass is 267 g/mol. The van der Waals surface area contributed by atoms with Crippen LogP contribution in [0.3, 0.4) is 0 Å². The van der Waals surface area contributed by atoms with E-state index in [4.69, 9.17) is 14.3 Å². The summed E-state index contributed by atoms with van der Waals surface area (Å²) in [5, 5.41) is 12.3. The van der Waals surface area contributed by atoms with E-state index in [9.17, 15) is 4.79 Å². The molecule has 1 aliphatic rings. The fourth-order valence-electron chi connectivity index (χ4n) is 2.27.